The molecule has 1 N–H and O–H groups in total. The largest absolute Gasteiger partial charge is 0.504 e. The van der Waals surface area contributed by atoms with Crippen molar-refractivity contribution in [1.29, 1.82) is 0 Å². The number of carbonyl (C=O) groups excluding carboxylic acids is 1. The molecule has 0 spiro atoms. The number of phenolic OH excluding ortho intramolecular Hbond substituents is 1. The van der Waals surface area contributed by atoms with E-state index in [0.29, 0.717) is 23.8 Å². The van der Waals surface area contributed by atoms with Crippen molar-refractivity contribution in [3.63, 3.8) is 0 Å². The lowest BCUT2D eigenvalue weighted by atomic mass is 10.0. The molecule has 0 bridgehead atoms. The number of amides is 1. The van der Waals surface area contributed by atoms with E-state index in [2.05, 4.69) is 27.7 Å². The zero-order chi connectivity index (χ0) is 16.0. The monoisotopic (exact) mass is 293 g/mol. The van der Waals surface area contributed by atoms with Crippen LogP contribution in [-0.2, 0) is 0 Å². The van der Waals surface area contributed by atoms with Gasteiger partial charge in [-0.25, -0.2) is 0 Å². The van der Waals surface area contributed by atoms with Gasteiger partial charge in [-0.1, -0.05) is 33.8 Å². The average Bonchev–Trinajstić information content (AvgIpc) is 2.46. The molecule has 1 amide bonds. The number of aromatic hydroxyl groups is 1. The van der Waals surface area contributed by atoms with Crippen LogP contribution in [-0.4, -0.2) is 35.6 Å². The summed E-state index contributed by atoms with van der Waals surface area (Å²) in [4.78, 5) is 14.7. The number of carbonyl (C=O) groups is 1. The maximum absolute atomic E-state index is 12.8. The Morgan fingerprint density at radius 3 is 2.38 bits per heavy atom. The van der Waals surface area contributed by atoms with E-state index < -0.39 is 0 Å². The molecule has 1 rings (SSSR count). The second-order valence-electron chi connectivity index (χ2n) is 5.68. The Balaban J connectivity index is 3.16. The molecule has 0 aliphatic heterocycles. The van der Waals surface area contributed by atoms with Crippen molar-refractivity contribution >= 4 is 5.91 Å². The van der Waals surface area contributed by atoms with E-state index in [1.54, 1.807) is 18.2 Å². The van der Waals surface area contributed by atoms with Crippen molar-refractivity contribution in [1.82, 2.24) is 4.90 Å². The van der Waals surface area contributed by atoms with Gasteiger partial charge >= 0.3 is 0 Å². The third kappa shape index (κ3) is 4.13. The Kier molecular flexibility index (Phi) is 6.53. The minimum atomic E-state index is -0.131. The van der Waals surface area contributed by atoms with Gasteiger partial charge in [-0.05, 0) is 30.9 Å². The molecule has 0 saturated heterocycles. The molecule has 4 nitrogen and oxygen atoms in total. The smallest absolute Gasteiger partial charge is 0.258 e. The third-order valence-electron chi connectivity index (χ3n) is 3.66. The number of hydrogen-bond acceptors (Lipinski definition) is 3. The Labute approximate surface area is 127 Å². The van der Waals surface area contributed by atoms with Crippen molar-refractivity contribution in [3.8, 4) is 11.5 Å². The molecule has 1 aromatic carbocycles. The van der Waals surface area contributed by atoms with Crippen LogP contribution in [0.1, 0.15) is 50.9 Å². The summed E-state index contributed by atoms with van der Waals surface area (Å²) in [6.45, 7) is 9.03. The highest BCUT2D eigenvalue weighted by Crippen LogP contribution is 2.31. The molecule has 0 radical (unpaired) electrons. The standard InChI is InChI=1S/C17H27NO3/c1-6-13(7-2)18(11-12(3)4)17(20)14-9-8-10-15(21-5)16(14)19/h8-10,12-13,19H,6-7,11H2,1-5H3. The van der Waals surface area contributed by atoms with Crippen LogP contribution in [0.25, 0.3) is 0 Å². The van der Waals surface area contributed by atoms with E-state index in [4.69, 9.17) is 4.74 Å². The summed E-state index contributed by atoms with van der Waals surface area (Å²) in [6.07, 6.45) is 1.80. The highest BCUT2D eigenvalue weighted by molar-refractivity contribution is 5.97. The fourth-order valence-electron chi connectivity index (χ4n) is 2.53. The Morgan fingerprint density at radius 1 is 1.29 bits per heavy atom. The number of rotatable bonds is 7. The zero-order valence-corrected chi connectivity index (χ0v) is 13.7. The number of hydrogen-bond donors (Lipinski definition) is 1. The summed E-state index contributed by atoms with van der Waals surface area (Å²) in [5.74, 6) is 0.496. The average molecular weight is 293 g/mol. The quantitative estimate of drug-likeness (QED) is 0.834. The van der Waals surface area contributed by atoms with Crippen molar-refractivity contribution < 1.29 is 14.6 Å². The lowest BCUT2D eigenvalue weighted by Crippen LogP contribution is -2.42. The molecule has 0 aromatic heterocycles. The van der Waals surface area contributed by atoms with Crippen LogP contribution >= 0.6 is 0 Å². The van der Waals surface area contributed by atoms with Crippen molar-refractivity contribution in [3.05, 3.63) is 23.8 Å². The minimum Gasteiger partial charge on any atom is -0.504 e. The zero-order valence-electron chi connectivity index (χ0n) is 13.7. The SMILES string of the molecule is CCC(CC)N(CC(C)C)C(=O)c1cccc(OC)c1O. The van der Waals surface area contributed by atoms with Crippen LogP contribution in [0.4, 0.5) is 0 Å². The van der Waals surface area contributed by atoms with Gasteiger partial charge in [-0.15, -0.1) is 0 Å². The summed E-state index contributed by atoms with van der Waals surface area (Å²) < 4.78 is 5.09. The maximum Gasteiger partial charge on any atom is 0.258 e. The molecular weight excluding hydrogens is 266 g/mol. The van der Waals surface area contributed by atoms with Crippen molar-refractivity contribution in [2.45, 2.75) is 46.6 Å². The van der Waals surface area contributed by atoms with E-state index in [1.165, 1.54) is 7.11 Å². The molecular formula is C17H27NO3. The number of benzene rings is 1. The van der Waals surface area contributed by atoms with Gasteiger partial charge in [-0.3, -0.25) is 4.79 Å². The lowest BCUT2D eigenvalue weighted by Gasteiger charge is -2.32. The molecule has 1 aromatic rings. The molecule has 118 valence electrons. The first kappa shape index (κ1) is 17.3. The minimum absolute atomic E-state index is 0.0790. The van der Waals surface area contributed by atoms with Crippen LogP contribution in [0, 0.1) is 5.92 Å². The van der Waals surface area contributed by atoms with Gasteiger partial charge < -0.3 is 14.7 Å². The van der Waals surface area contributed by atoms with E-state index in [1.807, 2.05) is 4.90 Å². The number of ether oxygens (including phenoxy) is 1. The van der Waals surface area contributed by atoms with Crippen LogP contribution < -0.4 is 4.74 Å². The van der Waals surface area contributed by atoms with Gasteiger partial charge in [0.15, 0.2) is 11.5 Å². The van der Waals surface area contributed by atoms with Gasteiger partial charge in [0.1, 0.15) is 0 Å². The first-order valence-corrected chi connectivity index (χ1v) is 7.63. The maximum atomic E-state index is 12.8. The third-order valence-corrected chi connectivity index (χ3v) is 3.66. The first-order chi connectivity index (χ1) is 9.96. The first-order valence-electron chi connectivity index (χ1n) is 7.63. The van der Waals surface area contributed by atoms with Crippen LogP contribution in [0.3, 0.4) is 0 Å². The van der Waals surface area contributed by atoms with Gasteiger partial charge in [0.25, 0.3) is 5.91 Å². The molecule has 0 aliphatic rings. The van der Waals surface area contributed by atoms with E-state index in [9.17, 15) is 9.90 Å². The van der Waals surface area contributed by atoms with Gasteiger partial charge in [0.2, 0.25) is 0 Å². The predicted octanol–water partition coefficient (Wildman–Crippen LogP) is 3.69. The second kappa shape index (κ2) is 7.91. The Hall–Kier alpha value is -1.71. The van der Waals surface area contributed by atoms with E-state index in [-0.39, 0.29) is 17.7 Å². The van der Waals surface area contributed by atoms with Crippen LogP contribution in [0.2, 0.25) is 0 Å². The van der Waals surface area contributed by atoms with Gasteiger partial charge in [-0.2, -0.15) is 0 Å². The normalized spacial score (nSPS) is 11.0. The molecule has 0 unspecified atom stereocenters. The van der Waals surface area contributed by atoms with Gasteiger partial charge in [0, 0.05) is 12.6 Å². The molecule has 4 heteroatoms. The summed E-state index contributed by atoms with van der Waals surface area (Å²) in [6, 6.07) is 5.21. The number of para-hydroxylation sites is 1. The molecule has 21 heavy (non-hydrogen) atoms. The van der Waals surface area contributed by atoms with E-state index >= 15 is 0 Å². The van der Waals surface area contributed by atoms with E-state index in [0.717, 1.165) is 12.8 Å². The molecule has 0 saturated carbocycles. The molecule has 0 heterocycles. The lowest BCUT2D eigenvalue weighted by molar-refractivity contribution is 0.0636. The molecule has 0 aliphatic carbocycles. The van der Waals surface area contributed by atoms with Crippen LogP contribution in [0.5, 0.6) is 11.5 Å². The van der Waals surface area contributed by atoms with Crippen molar-refractivity contribution in [2.75, 3.05) is 13.7 Å². The summed E-state index contributed by atoms with van der Waals surface area (Å²) in [5, 5.41) is 10.2. The number of nitrogens with zero attached hydrogens (tertiary/aromatic N) is 1. The molecule has 0 atom stereocenters. The highest BCUT2D eigenvalue weighted by atomic mass is 16.5. The topological polar surface area (TPSA) is 49.8 Å². The molecule has 0 fully saturated rings. The predicted molar refractivity (Wildman–Crippen MR) is 84.9 cm³/mol. The highest BCUT2D eigenvalue weighted by Gasteiger charge is 2.26. The van der Waals surface area contributed by atoms with Crippen LogP contribution in [0.15, 0.2) is 18.2 Å². The fourth-order valence-corrected chi connectivity index (χ4v) is 2.53. The number of methoxy groups -OCH3 is 1. The summed E-state index contributed by atoms with van der Waals surface area (Å²) in [7, 11) is 1.48. The van der Waals surface area contributed by atoms with Gasteiger partial charge in [0.05, 0.1) is 12.7 Å². The number of phenols is 1. The second-order valence-corrected chi connectivity index (χ2v) is 5.68. The van der Waals surface area contributed by atoms with Crippen molar-refractivity contribution in [2.24, 2.45) is 5.92 Å². The summed E-state index contributed by atoms with van der Waals surface area (Å²) in [5.41, 5.74) is 0.307. The Morgan fingerprint density at radius 2 is 1.90 bits per heavy atom. The Bertz CT molecular complexity index is 467. The fraction of sp³-hybridized carbons (Fsp3) is 0.588. The summed E-state index contributed by atoms with van der Waals surface area (Å²) >= 11 is 0.